The minimum absolute atomic E-state index is 0.574. The third-order valence-corrected chi connectivity index (χ3v) is 13.0. The van der Waals surface area contributed by atoms with Gasteiger partial charge in [0.15, 0.2) is 7.14 Å². The maximum Gasteiger partial charge on any atom is 0.235 e. The van der Waals surface area contributed by atoms with E-state index in [1.807, 2.05) is 60.7 Å². The SMILES string of the molecule is O=P1(c2ccc3ccccc3c2)c2ccccc2-c2c(n(-c3nc(-c4ccccc4)c4ccccc4n3)c3ccccc23)-c2ccccc21. The van der Waals surface area contributed by atoms with Crippen molar-refractivity contribution < 1.29 is 4.57 Å². The molecule has 1 aliphatic rings. The van der Waals surface area contributed by atoms with Crippen molar-refractivity contribution in [2.45, 2.75) is 0 Å². The molecular formula is C44H28N3OP. The third kappa shape index (κ3) is 4.08. The summed E-state index contributed by atoms with van der Waals surface area (Å²) < 4.78 is 18.5. The Balaban J connectivity index is 1.36. The second kappa shape index (κ2) is 10.7. The van der Waals surface area contributed by atoms with Crippen LogP contribution in [0.15, 0.2) is 170 Å². The standard InChI is InChI=1S/C44H28N3OP/c48-49(32-27-26-29-14-4-5-17-31(29)28-32)39-24-12-8-20-35(39)41-34-19-7-11-23-38(34)47(43(41)36-21-9-13-25-40(36)49)44-45-37-22-10-6-18-33(37)42(46-44)30-15-2-1-3-16-30/h1-28H. The molecule has 5 heteroatoms. The molecule has 49 heavy (non-hydrogen) atoms. The van der Waals surface area contributed by atoms with E-state index in [1.54, 1.807) is 0 Å². The van der Waals surface area contributed by atoms with Crippen LogP contribution >= 0.6 is 7.14 Å². The Bertz CT molecular complexity index is 2820. The van der Waals surface area contributed by atoms with Gasteiger partial charge >= 0.3 is 0 Å². The van der Waals surface area contributed by atoms with Crippen LogP contribution in [0.1, 0.15) is 0 Å². The molecule has 10 rings (SSSR count). The number of nitrogens with zero attached hydrogens (tertiary/aromatic N) is 3. The first-order chi connectivity index (χ1) is 24.2. The molecule has 0 spiro atoms. The van der Waals surface area contributed by atoms with Crippen LogP contribution in [-0.4, -0.2) is 14.5 Å². The molecule has 0 aliphatic carbocycles. The van der Waals surface area contributed by atoms with Gasteiger partial charge in [-0.1, -0.05) is 152 Å². The molecule has 9 aromatic rings. The summed E-state index contributed by atoms with van der Waals surface area (Å²) in [6, 6.07) is 57.9. The van der Waals surface area contributed by atoms with Gasteiger partial charge in [0.25, 0.3) is 0 Å². The van der Waals surface area contributed by atoms with E-state index >= 15 is 4.57 Å². The lowest BCUT2D eigenvalue weighted by atomic mass is 9.98. The Labute approximate surface area is 283 Å². The van der Waals surface area contributed by atoms with Gasteiger partial charge in [-0.3, -0.25) is 4.57 Å². The summed E-state index contributed by atoms with van der Waals surface area (Å²) in [7, 11) is -3.38. The number of para-hydroxylation sites is 2. The normalized spacial score (nSPS) is 15.1. The molecule has 1 atom stereocenters. The highest BCUT2D eigenvalue weighted by Gasteiger charge is 2.40. The molecule has 2 aromatic heterocycles. The van der Waals surface area contributed by atoms with E-state index in [0.717, 1.165) is 82.1 Å². The average molecular weight is 646 g/mol. The van der Waals surface area contributed by atoms with Crippen molar-refractivity contribution in [2.75, 3.05) is 0 Å². The third-order valence-electron chi connectivity index (χ3n) is 9.82. The first-order valence-corrected chi connectivity index (χ1v) is 18.2. The molecule has 0 N–H and O–H groups in total. The van der Waals surface area contributed by atoms with Gasteiger partial charge in [0.05, 0.1) is 22.4 Å². The zero-order valence-electron chi connectivity index (χ0n) is 26.4. The fraction of sp³-hybridized carbons (Fsp3) is 0. The molecule has 0 bridgehead atoms. The van der Waals surface area contributed by atoms with Gasteiger partial charge in [0.2, 0.25) is 5.95 Å². The Morgan fingerprint density at radius 2 is 1.14 bits per heavy atom. The fourth-order valence-electron chi connectivity index (χ4n) is 7.64. The molecule has 3 heterocycles. The Hall–Kier alpha value is -6.09. The van der Waals surface area contributed by atoms with Crippen LogP contribution in [0.5, 0.6) is 0 Å². The van der Waals surface area contributed by atoms with E-state index in [4.69, 9.17) is 9.97 Å². The highest BCUT2D eigenvalue weighted by molar-refractivity contribution is 7.85. The molecule has 1 unspecified atom stereocenters. The summed E-state index contributed by atoms with van der Waals surface area (Å²) in [6.07, 6.45) is 0. The van der Waals surface area contributed by atoms with Crippen LogP contribution < -0.4 is 15.9 Å². The van der Waals surface area contributed by atoms with E-state index in [2.05, 4.69) is 114 Å². The number of hydrogen-bond donors (Lipinski definition) is 0. The Kier molecular flexibility index (Phi) is 6.12. The molecule has 1 aliphatic heterocycles. The van der Waals surface area contributed by atoms with Crippen molar-refractivity contribution in [3.05, 3.63) is 170 Å². The summed E-state index contributed by atoms with van der Waals surface area (Å²) in [5.74, 6) is 0.574. The number of fused-ring (bicyclic) bond motifs is 9. The summed E-state index contributed by atoms with van der Waals surface area (Å²) in [6.45, 7) is 0. The quantitative estimate of drug-likeness (QED) is 0.180. The van der Waals surface area contributed by atoms with Crippen molar-refractivity contribution in [1.82, 2.24) is 14.5 Å². The summed E-state index contributed by atoms with van der Waals surface area (Å²) >= 11 is 0. The maximum atomic E-state index is 16.3. The van der Waals surface area contributed by atoms with Crippen molar-refractivity contribution >= 4 is 55.6 Å². The molecule has 0 saturated heterocycles. The van der Waals surface area contributed by atoms with Crippen molar-refractivity contribution in [2.24, 2.45) is 0 Å². The van der Waals surface area contributed by atoms with Crippen LogP contribution in [0.4, 0.5) is 0 Å². The Morgan fingerprint density at radius 1 is 0.510 bits per heavy atom. The lowest BCUT2D eigenvalue weighted by molar-refractivity contribution is 0.592. The van der Waals surface area contributed by atoms with Crippen LogP contribution in [0.3, 0.4) is 0 Å². The van der Waals surface area contributed by atoms with Gasteiger partial charge in [-0.25, -0.2) is 9.97 Å². The number of hydrogen-bond acceptors (Lipinski definition) is 3. The smallest absolute Gasteiger partial charge is 0.235 e. The molecule has 0 saturated carbocycles. The van der Waals surface area contributed by atoms with Gasteiger partial charge in [-0.05, 0) is 34.5 Å². The van der Waals surface area contributed by atoms with E-state index in [9.17, 15) is 0 Å². The zero-order valence-corrected chi connectivity index (χ0v) is 27.3. The van der Waals surface area contributed by atoms with Gasteiger partial charge in [-0.15, -0.1) is 0 Å². The lowest BCUT2D eigenvalue weighted by Gasteiger charge is -2.23. The summed E-state index contributed by atoms with van der Waals surface area (Å²) in [5.41, 5.74) is 7.61. The first-order valence-electron chi connectivity index (χ1n) is 16.5. The van der Waals surface area contributed by atoms with Gasteiger partial charge in [-0.2, -0.15) is 0 Å². The molecular weight excluding hydrogens is 617 g/mol. The maximum absolute atomic E-state index is 16.3. The van der Waals surface area contributed by atoms with Crippen LogP contribution in [0, 0.1) is 0 Å². The zero-order chi connectivity index (χ0) is 32.5. The molecule has 0 radical (unpaired) electrons. The largest absolute Gasteiger partial charge is 0.309 e. The van der Waals surface area contributed by atoms with E-state index < -0.39 is 7.14 Å². The number of aromatic nitrogens is 3. The molecule has 4 nitrogen and oxygen atoms in total. The summed E-state index contributed by atoms with van der Waals surface area (Å²) in [5, 5.41) is 6.71. The van der Waals surface area contributed by atoms with Gasteiger partial charge in [0.1, 0.15) is 0 Å². The number of rotatable bonds is 3. The van der Waals surface area contributed by atoms with Crippen LogP contribution in [-0.2, 0) is 4.57 Å². The minimum Gasteiger partial charge on any atom is -0.309 e. The highest BCUT2D eigenvalue weighted by atomic mass is 31.2. The number of benzene rings is 7. The van der Waals surface area contributed by atoms with Crippen LogP contribution in [0.2, 0.25) is 0 Å². The Morgan fingerprint density at radius 3 is 1.98 bits per heavy atom. The molecule has 230 valence electrons. The monoisotopic (exact) mass is 645 g/mol. The second-order valence-corrected chi connectivity index (χ2v) is 15.2. The predicted octanol–water partition coefficient (Wildman–Crippen LogP) is 9.68. The predicted molar refractivity (Wildman–Crippen MR) is 203 cm³/mol. The van der Waals surface area contributed by atoms with Gasteiger partial charge < -0.3 is 4.57 Å². The second-order valence-electron chi connectivity index (χ2n) is 12.5. The highest BCUT2D eigenvalue weighted by Crippen LogP contribution is 2.54. The van der Waals surface area contributed by atoms with E-state index in [-0.39, 0.29) is 0 Å². The van der Waals surface area contributed by atoms with E-state index in [0.29, 0.717) is 5.95 Å². The van der Waals surface area contributed by atoms with Crippen molar-refractivity contribution in [3.8, 4) is 39.6 Å². The first kappa shape index (κ1) is 28.0. The van der Waals surface area contributed by atoms with Crippen molar-refractivity contribution in [1.29, 1.82) is 0 Å². The molecule has 0 amide bonds. The average Bonchev–Trinajstić information content (AvgIpc) is 3.48. The van der Waals surface area contributed by atoms with Crippen LogP contribution in [0.25, 0.3) is 72.2 Å². The lowest BCUT2D eigenvalue weighted by Crippen LogP contribution is -2.26. The molecule has 7 aromatic carbocycles. The van der Waals surface area contributed by atoms with E-state index in [1.165, 1.54) is 0 Å². The van der Waals surface area contributed by atoms with Gasteiger partial charge in [0, 0.05) is 43.4 Å². The minimum atomic E-state index is -3.38. The molecule has 0 fully saturated rings. The summed E-state index contributed by atoms with van der Waals surface area (Å²) in [4.78, 5) is 10.6. The fourth-order valence-corrected chi connectivity index (χ4v) is 10.7. The topological polar surface area (TPSA) is 47.8 Å². The van der Waals surface area contributed by atoms with Crippen molar-refractivity contribution in [3.63, 3.8) is 0 Å².